The number of nitrogens with zero attached hydrogens (tertiary/aromatic N) is 6. The number of hydrogen-bond acceptors (Lipinski definition) is 16. The van der Waals surface area contributed by atoms with Crippen LogP contribution in [0.15, 0.2) is 34.9 Å². The van der Waals surface area contributed by atoms with Gasteiger partial charge >= 0.3 is 28.6 Å². The molecule has 346 valence electrons. The molecular formula is C39H55N8O14S2+. The number of oxime groups is 1. The average molecular weight is 924 g/mol. The normalized spacial score (nSPS) is 18.7. The summed E-state index contributed by atoms with van der Waals surface area (Å²) >= 11 is 0.894. The van der Waals surface area contributed by atoms with E-state index < -0.39 is 81.1 Å². The second kappa shape index (κ2) is 17.9. The molecule has 0 bridgehead atoms. The Morgan fingerprint density at radius 1 is 1.03 bits per heavy atom. The zero-order valence-corrected chi connectivity index (χ0v) is 38.8. The Hall–Kier alpha value is -5.59. The third-order valence-electron chi connectivity index (χ3n) is 9.19. The summed E-state index contributed by atoms with van der Waals surface area (Å²) in [6.07, 6.45) is -0.144. The van der Waals surface area contributed by atoms with Crippen molar-refractivity contribution in [1.29, 1.82) is 0 Å². The number of carbonyl (C=O) groups excluding carboxylic acids is 5. The number of fused-ring (bicyclic) bond motifs is 1. The number of hydroxylamine groups is 2. The number of carbonyl (C=O) groups is 5. The van der Waals surface area contributed by atoms with E-state index in [-0.39, 0.29) is 23.0 Å². The van der Waals surface area contributed by atoms with E-state index in [4.69, 9.17) is 28.3 Å². The van der Waals surface area contributed by atoms with Crippen molar-refractivity contribution in [2.75, 3.05) is 25.0 Å². The van der Waals surface area contributed by atoms with E-state index in [0.717, 1.165) is 22.2 Å². The molecule has 0 radical (unpaired) electrons. The number of benzene rings is 1. The minimum Gasteiger partial charge on any atom is -0.489 e. The van der Waals surface area contributed by atoms with Gasteiger partial charge in [-0.15, -0.1) is 20.3 Å². The van der Waals surface area contributed by atoms with Crippen LogP contribution in [0.2, 0.25) is 0 Å². The van der Waals surface area contributed by atoms with Crippen LogP contribution in [0.5, 0.6) is 5.75 Å². The Kier molecular flexibility index (Phi) is 13.8. The first kappa shape index (κ1) is 48.4. The molecule has 24 heteroatoms. The molecule has 0 unspecified atom stereocenters. The quantitative estimate of drug-likeness (QED) is 0.0419. The van der Waals surface area contributed by atoms with Gasteiger partial charge in [-0.2, -0.15) is 18.2 Å². The number of hydrogen-bond donors (Lipinski definition) is 3. The van der Waals surface area contributed by atoms with Crippen molar-refractivity contribution in [3.05, 3.63) is 35.5 Å². The van der Waals surface area contributed by atoms with Crippen molar-refractivity contribution >= 4 is 73.5 Å². The van der Waals surface area contributed by atoms with Gasteiger partial charge < -0.3 is 34.0 Å². The van der Waals surface area contributed by atoms with Crippen LogP contribution in [0.1, 0.15) is 94.3 Å². The summed E-state index contributed by atoms with van der Waals surface area (Å²) in [5.74, 6) is -2.64. The molecule has 3 aromatic rings. The van der Waals surface area contributed by atoms with Gasteiger partial charge in [0.25, 0.3) is 17.9 Å². The summed E-state index contributed by atoms with van der Waals surface area (Å²) in [4.78, 5) is 77.2. The Morgan fingerprint density at radius 2 is 1.68 bits per heavy atom. The minimum absolute atomic E-state index is 0.00882. The lowest BCUT2D eigenvalue weighted by atomic mass is 9.84. The van der Waals surface area contributed by atoms with Crippen molar-refractivity contribution < 1.29 is 69.7 Å². The molecular weight excluding hydrogens is 869 g/mol. The van der Waals surface area contributed by atoms with Gasteiger partial charge in [0.05, 0.1) is 23.7 Å². The lowest BCUT2D eigenvalue weighted by Gasteiger charge is -2.50. The molecule has 3 N–H and O–H groups in total. The van der Waals surface area contributed by atoms with E-state index in [1.54, 1.807) is 58.6 Å². The number of nitrogens with one attached hydrogen (secondary N) is 2. The van der Waals surface area contributed by atoms with Crippen LogP contribution < -0.4 is 20.1 Å². The molecule has 2 aliphatic rings. The second-order valence-electron chi connectivity index (χ2n) is 18.4. The smallest absolute Gasteiger partial charge is 0.418 e. The fourth-order valence-electron chi connectivity index (χ4n) is 6.43. The highest BCUT2D eigenvalue weighted by atomic mass is 32.3. The van der Waals surface area contributed by atoms with Crippen LogP contribution in [0, 0.1) is 0 Å². The van der Waals surface area contributed by atoms with Crippen molar-refractivity contribution in [2.45, 2.75) is 123 Å². The number of aryl methyl sites for hydroxylation is 1. The molecule has 5 rings (SSSR count). The number of aromatic nitrogens is 3. The van der Waals surface area contributed by atoms with Gasteiger partial charge in [-0.1, -0.05) is 5.16 Å². The van der Waals surface area contributed by atoms with Crippen LogP contribution in [-0.2, 0) is 55.2 Å². The van der Waals surface area contributed by atoms with Gasteiger partial charge in [0.15, 0.2) is 17.9 Å². The summed E-state index contributed by atoms with van der Waals surface area (Å²) in [7, 11) is -3.18. The standard InChI is InChI=1S/C39H54N8O14S2/c1-36(2,3)57-32(50)27(20-56-24-13-14-26-22(17-24)18-46(44(26)12)23-15-16-45(19-23)35(52)59-38(7,8)9)60-43-28(25-21-62-33(40-25)42-34(51)58-37(4,5)6)30(48)41-29-31(49)47(39(29,10)11)61-63(53,54)55/h13-14,17-18,21,23,27,29H,15-16,19-20H2,1-12H3,(H2-,40,41,42,48,51,53,54,55)/p+1/b43-28-/t23-,27+,29-/m1/s1. The van der Waals surface area contributed by atoms with Gasteiger partial charge in [-0.05, 0) is 94.7 Å². The van der Waals surface area contributed by atoms with Gasteiger partial charge in [0, 0.05) is 18.0 Å². The van der Waals surface area contributed by atoms with Crippen molar-refractivity contribution in [2.24, 2.45) is 12.2 Å². The van der Waals surface area contributed by atoms with Gasteiger partial charge in [0.2, 0.25) is 5.52 Å². The van der Waals surface area contributed by atoms with Crippen molar-refractivity contribution in [3.8, 4) is 5.75 Å². The number of rotatable bonds is 13. The number of likely N-dealkylation sites (tertiary alicyclic amines) is 1. The van der Waals surface area contributed by atoms with E-state index in [1.165, 1.54) is 19.2 Å². The van der Waals surface area contributed by atoms with Gasteiger partial charge in [-0.3, -0.25) is 19.5 Å². The monoisotopic (exact) mass is 923 g/mol. The Balaban J connectivity index is 1.39. The lowest BCUT2D eigenvalue weighted by molar-refractivity contribution is -0.733. The Bertz CT molecular complexity index is 2390. The molecule has 4 heterocycles. The molecule has 2 saturated heterocycles. The molecule has 4 amide bonds. The second-order valence-corrected chi connectivity index (χ2v) is 20.2. The first-order chi connectivity index (χ1) is 28.9. The first-order valence-corrected chi connectivity index (χ1v) is 22.0. The molecule has 2 aromatic heterocycles. The number of esters is 1. The Morgan fingerprint density at radius 3 is 2.29 bits per heavy atom. The molecule has 0 aliphatic carbocycles. The van der Waals surface area contributed by atoms with Crippen molar-refractivity contribution in [3.63, 3.8) is 0 Å². The highest BCUT2D eigenvalue weighted by Crippen LogP contribution is 2.33. The molecule has 2 aliphatic heterocycles. The summed E-state index contributed by atoms with van der Waals surface area (Å²) in [5.41, 5.74) is -3.80. The largest absolute Gasteiger partial charge is 0.489 e. The van der Waals surface area contributed by atoms with E-state index in [9.17, 15) is 32.4 Å². The van der Waals surface area contributed by atoms with Crippen LogP contribution >= 0.6 is 11.3 Å². The molecule has 3 atom stereocenters. The van der Waals surface area contributed by atoms with E-state index in [1.807, 2.05) is 49.4 Å². The number of ether oxygens (including phenoxy) is 4. The molecule has 2 fully saturated rings. The summed E-state index contributed by atoms with van der Waals surface area (Å²) in [6.45, 7) is 18.6. The summed E-state index contributed by atoms with van der Waals surface area (Å²) in [6, 6.07) is 3.88. The molecule has 63 heavy (non-hydrogen) atoms. The average Bonchev–Trinajstić information content (AvgIpc) is 3.87. The maximum Gasteiger partial charge on any atom is 0.418 e. The Labute approximate surface area is 368 Å². The van der Waals surface area contributed by atoms with Gasteiger partial charge in [0.1, 0.15) is 46.9 Å². The number of β-lactam (4-membered cyclic amide) rings is 1. The SMILES string of the molecule is C[n+]1c2ccc(OC[C@H](O/N=C(\C(=O)N[C@@H]3C(=O)N(OS(=O)(=O)O)C3(C)C)c3csc(NC(=O)OC(C)(C)C)n3)C(=O)OC(C)(C)C)cc2cn1[C@@H]1CCN(C(=O)OC(C)(C)C)C1. The fraction of sp³-hybridized carbons (Fsp3) is 0.590. The van der Waals surface area contributed by atoms with Crippen LogP contribution in [0.3, 0.4) is 0 Å². The molecule has 1 aromatic carbocycles. The topological polar surface area (TPSA) is 260 Å². The minimum atomic E-state index is -5.09. The van der Waals surface area contributed by atoms with Gasteiger partial charge in [-0.25, -0.2) is 19.4 Å². The fourth-order valence-corrected chi connectivity index (χ4v) is 7.56. The molecule has 0 saturated carbocycles. The summed E-state index contributed by atoms with van der Waals surface area (Å²) in [5, 5.41) is 11.4. The first-order valence-electron chi connectivity index (χ1n) is 19.8. The van der Waals surface area contributed by atoms with Crippen LogP contribution in [0.25, 0.3) is 10.9 Å². The van der Waals surface area contributed by atoms with Crippen LogP contribution in [0.4, 0.5) is 14.7 Å². The van der Waals surface area contributed by atoms with Crippen LogP contribution in [-0.4, -0.2) is 122 Å². The number of anilines is 1. The maximum absolute atomic E-state index is 13.9. The van der Waals surface area contributed by atoms with E-state index in [2.05, 4.69) is 25.1 Å². The maximum atomic E-state index is 13.9. The third kappa shape index (κ3) is 12.5. The zero-order chi connectivity index (χ0) is 47.0. The molecule has 22 nitrogen and oxygen atoms in total. The third-order valence-corrected chi connectivity index (χ3v) is 10.3. The molecule has 0 spiro atoms. The van der Waals surface area contributed by atoms with E-state index >= 15 is 0 Å². The highest BCUT2D eigenvalue weighted by molar-refractivity contribution is 7.80. The van der Waals surface area contributed by atoms with Crippen molar-refractivity contribution in [1.82, 2.24) is 24.9 Å². The summed E-state index contributed by atoms with van der Waals surface area (Å²) < 4.78 is 62.8. The lowest BCUT2D eigenvalue weighted by Crippen LogP contribution is -2.76. The number of amides is 4. The predicted octanol–water partition coefficient (Wildman–Crippen LogP) is 3.80. The predicted molar refractivity (Wildman–Crippen MR) is 225 cm³/mol. The van der Waals surface area contributed by atoms with E-state index in [0.29, 0.717) is 30.3 Å². The highest BCUT2D eigenvalue weighted by Gasteiger charge is 2.58. The zero-order valence-electron chi connectivity index (χ0n) is 37.2. The number of thiazole rings is 1.